The Morgan fingerprint density at radius 2 is 2.00 bits per heavy atom. The number of carbonyl (C=O) groups is 1. The summed E-state index contributed by atoms with van der Waals surface area (Å²) in [6.07, 6.45) is 2.41. The summed E-state index contributed by atoms with van der Waals surface area (Å²) in [5.74, 6) is 0.264. The molecule has 0 saturated carbocycles. The molecule has 0 aliphatic rings. The Bertz CT molecular complexity index is 676. The molecule has 2 rings (SSSR count). The molecule has 0 fully saturated rings. The smallest absolute Gasteiger partial charge is 0.276 e. The highest BCUT2D eigenvalue weighted by molar-refractivity contribution is 6.07. The molecule has 1 amide bonds. The highest BCUT2D eigenvalue weighted by atomic mass is 16.1. The van der Waals surface area contributed by atoms with Gasteiger partial charge in [-0.25, -0.2) is 4.98 Å². The number of nitrogen functional groups attached to an aromatic ring is 1. The lowest BCUT2D eigenvalue weighted by molar-refractivity contribution is 0.102. The van der Waals surface area contributed by atoms with E-state index < -0.39 is 0 Å². The van der Waals surface area contributed by atoms with Crippen LogP contribution in [0.1, 0.15) is 57.1 Å². The van der Waals surface area contributed by atoms with Crippen molar-refractivity contribution in [2.75, 3.05) is 16.4 Å². The zero-order chi connectivity index (χ0) is 18.3. The molecule has 1 aromatic carbocycles. The largest absolute Gasteiger partial charge is 0.397 e. The number of imidazole rings is 1. The molecule has 6 heteroatoms. The van der Waals surface area contributed by atoms with Gasteiger partial charge in [-0.05, 0) is 44.9 Å². The number of nitrogens with zero attached hydrogens (tertiary/aromatic N) is 1. The zero-order valence-electron chi connectivity index (χ0n) is 15.4. The fourth-order valence-corrected chi connectivity index (χ4v) is 1.93. The fourth-order valence-electron chi connectivity index (χ4n) is 1.93. The van der Waals surface area contributed by atoms with Crippen LogP contribution in [-0.2, 0) is 0 Å². The number of aromatic amines is 1. The van der Waals surface area contributed by atoms with Gasteiger partial charge in [0, 0.05) is 5.54 Å². The van der Waals surface area contributed by atoms with Crippen LogP contribution >= 0.6 is 0 Å². The van der Waals surface area contributed by atoms with Crippen molar-refractivity contribution in [1.82, 2.24) is 9.97 Å². The molecule has 0 unspecified atom stereocenters. The first-order valence-electron chi connectivity index (χ1n) is 8.31. The van der Waals surface area contributed by atoms with Crippen LogP contribution in [0.3, 0.4) is 0 Å². The minimum absolute atomic E-state index is 0.146. The number of hydrogen-bond donors (Lipinski definition) is 4. The van der Waals surface area contributed by atoms with Crippen LogP contribution in [-0.4, -0.2) is 21.4 Å². The molecule has 0 aliphatic carbocycles. The number of nitrogens with one attached hydrogen (secondary N) is 3. The Hall–Kier alpha value is -2.50. The number of rotatable bonds is 5. The van der Waals surface area contributed by atoms with Gasteiger partial charge in [-0.1, -0.05) is 26.8 Å². The third-order valence-corrected chi connectivity index (χ3v) is 3.66. The minimum atomic E-state index is -0.274. The minimum Gasteiger partial charge on any atom is -0.397 e. The van der Waals surface area contributed by atoms with Crippen LogP contribution in [0.2, 0.25) is 0 Å². The van der Waals surface area contributed by atoms with Gasteiger partial charge in [-0.3, -0.25) is 4.79 Å². The summed E-state index contributed by atoms with van der Waals surface area (Å²) in [4.78, 5) is 19.5. The van der Waals surface area contributed by atoms with Crippen molar-refractivity contribution in [3.05, 3.63) is 35.8 Å². The Balaban J connectivity index is 0.00000139. The van der Waals surface area contributed by atoms with Gasteiger partial charge in [-0.15, -0.1) is 0 Å². The summed E-state index contributed by atoms with van der Waals surface area (Å²) in [5.41, 5.74) is 8.30. The second-order valence-electron chi connectivity index (χ2n) is 6.03. The van der Waals surface area contributed by atoms with Gasteiger partial charge >= 0.3 is 0 Å². The standard InChI is InChI=1S/C16H23N5O.C2H6/c1-5-16(3,4)21-14-13(18-9-19-14)15(22)20-12-8-10(2)6-7-11(12)17;1-2/h6-9,21H,5,17H2,1-4H3,(H,18,19)(H,20,22);1-2H3. The van der Waals surface area contributed by atoms with Crippen LogP contribution in [0.15, 0.2) is 24.5 Å². The normalized spacial score (nSPS) is 10.6. The van der Waals surface area contributed by atoms with E-state index in [1.165, 1.54) is 6.33 Å². The molecule has 2 aromatic rings. The second kappa shape index (κ2) is 8.38. The topological polar surface area (TPSA) is 95.8 Å². The van der Waals surface area contributed by atoms with Gasteiger partial charge in [0.05, 0.1) is 17.7 Å². The zero-order valence-corrected chi connectivity index (χ0v) is 15.4. The van der Waals surface area contributed by atoms with Crippen LogP contribution in [0.4, 0.5) is 17.2 Å². The van der Waals surface area contributed by atoms with E-state index in [0.717, 1.165) is 12.0 Å². The molecule has 132 valence electrons. The van der Waals surface area contributed by atoms with Gasteiger partial charge < -0.3 is 21.4 Å². The third kappa shape index (κ3) is 5.01. The van der Waals surface area contributed by atoms with E-state index in [1.807, 2.05) is 32.9 Å². The number of anilines is 3. The predicted octanol–water partition coefficient (Wildman–Crippen LogP) is 4.18. The van der Waals surface area contributed by atoms with Gasteiger partial charge in [0.1, 0.15) is 5.69 Å². The molecule has 0 atom stereocenters. The molecule has 0 bridgehead atoms. The SMILES string of the molecule is CC.CCC(C)(C)Nc1nc[nH]c1C(=O)Nc1cc(C)ccc1N. The highest BCUT2D eigenvalue weighted by Gasteiger charge is 2.21. The molecule has 1 aromatic heterocycles. The summed E-state index contributed by atoms with van der Waals surface area (Å²) in [7, 11) is 0. The van der Waals surface area contributed by atoms with Crippen molar-refractivity contribution in [1.29, 1.82) is 0 Å². The Labute approximate surface area is 144 Å². The Morgan fingerprint density at radius 3 is 2.62 bits per heavy atom. The van der Waals surface area contributed by atoms with Crippen LogP contribution in [0.5, 0.6) is 0 Å². The number of H-pyrrole nitrogens is 1. The van der Waals surface area contributed by atoms with E-state index in [9.17, 15) is 4.79 Å². The van der Waals surface area contributed by atoms with Crippen molar-refractivity contribution in [3.8, 4) is 0 Å². The molecule has 24 heavy (non-hydrogen) atoms. The quantitative estimate of drug-likeness (QED) is 0.618. The average Bonchev–Trinajstić information content (AvgIpc) is 3.00. The second-order valence-corrected chi connectivity index (χ2v) is 6.03. The molecule has 5 N–H and O–H groups in total. The van der Waals surface area contributed by atoms with Crippen molar-refractivity contribution >= 4 is 23.1 Å². The van der Waals surface area contributed by atoms with Crippen molar-refractivity contribution in [2.24, 2.45) is 0 Å². The summed E-state index contributed by atoms with van der Waals surface area (Å²) in [6, 6.07) is 5.52. The first kappa shape index (κ1) is 19.5. The van der Waals surface area contributed by atoms with Gasteiger partial charge in [0.25, 0.3) is 5.91 Å². The molecule has 0 saturated heterocycles. The molecular formula is C18H29N5O. The molecule has 0 aliphatic heterocycles. The maximum absolute atomic E-state index is 12.5. The first-order valence-corrected chi connectivity index (χ1v) is 8.31. The molecule has 6 nitrogen and oxygen atoms in total. The molecule has 1 heterocycles. The van der Waals surface area contributed by atoms with E-state index in [1.54, 1.807) is 6.07 Å². The number of nitrogens with two attached hydrogens (primary N) is 1. The summed E-state index contributed by atoms with van der Waals surface area (Å²) in [5, 5.41) is 6.10. The number of amides is 1. The summed E-state index contributed by atoms with van der Waals surface area (Å²) in [6.45, 7) is 12.1. The van der Waals surface area contributed by atoms with E-state index in [4.69, 9.17) is 5.73 Å². The lowest BCUT2D eigenvalue weighted by atomic mass is 10.0. The third-order valence-electron chi connectivity index (χ3n) is 3.66. The predicted molar refractivity (Wildman–Crippen MR) is 101 cm³/mol. The molecular weight excluding hydrogens is 302 g/mol. The maximum atomic E-state index is 12.5. The van der Waals surface area contributed by atoms with Crippen molar-refractivity contribution in [3.63, 3.8) is 0 Å². The Kier molecular flexibility index (Phi) is 6.82. The first-order chi connectivity index (χ1) is 11.3. The van der Waals surface area contributed by atoms with Crippen molar-refractivity contribution in [2.45, 2.75) is 53.5 Å². The van der Waals surface area contributed by atoms with Crippen LogP contribution < -0.4 is 16.4 Å². The lowest BCUT2D eigenvalue weighted by Crippen LogP contribution is -2.31. The molecule has 0 radical (unpaired) electrons. The summed E-state index contributed by atoms with van der Waals surface area (Å²) >= 11 is 0. The lowest BCUT2D eigenvalue weighted by Gasteiger charge is -2.24. The van der Waals surface area contributed by atoms with Crippen LogP contribution in [0, 0.1) is 6.92 Å². The summed E-state index contributed by atoms with van der Waals surface area (Å²) < 4.78 is 0. The highest BCUT2D eigenvalue weighted by Crippen LogP contribution is 2.23. The monoisotopic (exact) mass is 331 g/mol. The number of aromatic nitrogens is 2. The maximum Gasteiger partial charge on any atom is 0.276 e. The number of hydrogen-bond acceptors (Lipinski definition) is 4. The van der Waals surface area contributed by atoms with Crippen LogP contribution in [0.25, 0.3) is 0 Å². The average molecular weight is 331 g/mol. The molecule has 0 spiro atoms. The fraction of sp³-hybridized carbons (Fsp3) is 0.444. The van der Waals surface area contributed by atoms with E-state index in [2.05, 4.69) is 41.4 Å². The number of benzene rings is 1. The number of carbonyl (C=O) groups excluding carboxylic acids is 1. The van der Waals surface area contributed by atoms with E-state index in [0.29, 0.717) is 22.9 Å². The van der Waals surface area contributed by atoms with Gasteiger partial charge in [0.15, 0.2) is 5.82 Å². The van der Waals surface area contributed by atoms with Gasteiger partial charge in [0.2, 0.25) is 0 Å². The van der Waals surface area contributed by atoms with E-state index in [-0.39, 0.29) is 11.4 Å². The van der Waals surface area contributed by atoms with E-state index >= 15 is 0 Å². The Morgan fingerprint density at radius 1 is 1.33 bits per heavy atom. The number of aryl methyl sites for hydroxylation is 1. The van der Waals surface area contributed by atoms with Crippen molar-refractivity contribution < 1.29 is 4.79 Å². The van der Waals surface area contributed by atoms with Gasteiger partial charge in [-0.2, -0.15) is 0 Å².